The normalized spacial score (nSPS) is 11.5. The van der Waals surface area contributed by atoms with Gasteiger partial charge >= 0.3 is 5.88 Å². The summed E-state index contributed by atoms with van der Waals surface area (Å²) in [5.41, 5.74) is 1.60. The maximum absolute atomic E-state index is 12.9. The molecule has 29 heavy (non-hydrogen) atoms. The smallest absolute Gasteiger partial charge is 0.395 e. The number of nitrogens with zero attached hydrogens (tertiary/aromatic N) is 1. The number of benzene rings is 2. The van der Waals surface area contributed by atoms with E-state index in [0.29, 0.717) is 11.3 Å². The summed E-state index contributed by atoms with van der Waals surface area (Å²) in [5, 5.41) is 16.0. The molecule has 2 aromatic carbocycles. The van der Waals surface area contributed by atoms with Gasteiger partial charge in [-0.2, -0.15) is 0 Å². The molecule has 1 heterocycles. The molecule has 9 heteroatoms. The molecule has 0 saturated heterocycles. The maximum atomic E-state index is 12.9. The van der Waals surface area contributed by atoms with E-state index in [2.05, 4.69) is 10.6 Å². The molecule has 0 aliphatic heterocycles. The Balaban J connectivity index is 1.61. The lowest BCUT2D eigenvalue weighted by Crippen LogP contribution is -2.26. The van der Waals surface area contributed by atoms with E-state index in [1.54, 1.807) is 31.2 Å². The van der Waals surface area contributed by atoms with Gasteiger partial charge in [0.05, 0.1) is 12.1 Å². The number of carbonyl (C=O) groups excluding carboxylic acids is 2. The van der Waals surface area contributed by atoms with Crippen LogP contribution in [0.4, 0.5) is 16.0 Å². The molecule has 0 saturated carbocycles. The van der Waals surface area contributed by atoms with E-state index in [9.17, 15) is 24.1 Å². The molecule has 2 N–H and O–H groups in total. The number of carbonyl (C=O) groups is 2. The molecule has 0 aliphatic carbocycles. The summed E-state index contributed by atoms with van der Waals surface area (Å²) < 4.78 is 17.8. The topological polar surface area (TPSA) is 114 Å². The van der Waals surface area contributed by atoms with E-state index < -0.39 is 28.6 Å². The van der Waals surface area contributed by atoms with Crippen LogP contribution in [0.25, 0.3) is 0 Å². The molecule has 3 aromatic rings. The number of hydrogen-bond acceptors (Lipinski definition) is 5. The van der Waals surface area contributed by atoms with Crippen LogP contribution in [0.3, 0.4) is 0 Å². The lowest BCUT2D eigenvalue weighted by atomic mass is 10.1. The highest BCUT2D eigenvalue weighted by molar-refractivity contribution is 6.04. The first-order chi connectivity index (χ1) is 13.8. The molecular formula is C20H16FN3O5. The van der Waals surface area contributed by atoms with Gasteiger partial charge in [-0.1, -0.05) is 12.1 Å². The molecule has 1 unspecified atom stereocenters. The Morgan fingerprint density at radius 2 is 1.66 bits per heavy atom. The third-order valence-electron chi connectivity index (χ3n) is 4.12. The molecule has 0 bridgehead atoms. The average Bonchev–Trinajstić information content (AvgIpc) is 3.20. The van der Waals surface area contributed by atoms with E-state index >= 15 is 0 Å². The standard InChI is InChI=1S/C20H16FN3O5/c1-12(22-20(26)17-10-11-18(29-17)24(27)28)13-4-8-16(9-5-13)23-19(25)14-2-6-15(21)7-3-14/h2-12H,1H3,(H,22,26)(H,23,25). The third kappa shape index (κ3) is 4.83. The number of hydrogen-bond donors (Lipinski definition) is 2. The van der Waals surface area contributed by atoms with Crippen molar-refractivity contribution in [2.45, 2.75) is 13.0 Å². The first kappa shape index (κ1) is 19.7. The van der Waals surface area contributed by atoms with Crippen molar-refractivity contribution in [2.75, 3.05) is 5.32 Å². The van der Waals surface area contributed by atoms with Crippen LogP contribution in [0.1, 0.15) is 39.4 Å². The van der Waals surface area contributed by atoms with Crippen molar-refractivity contribution in [1.29, 1.82) is 0 Å². The van der Waals surface area contributed by atoms with Gasteiger partial charge in [-0.05, 0) is 55.0 Å². The second-order valence-corrected chi connectivity index (χ2v) is 6.17. The van der Waals surface area contributed by atoms with Crippen LogP contribution in [0.5, 0.6) is 0 Å². The van der Waals surface area contributed by atoms with Gasteiger partial charge in [0.15, 0.2) is 5.76 Å². The summed E-state index contributed by atoms with van der Waals surface area (Å²) in [6.07, 6.45) is 0. The summed E-state index contributed by atoms with van der Waals surface area (Å²) in [5.74, 6) is -2.06. The Morgan fingerprint density at radius 1 is 1.00 bits per heavy atom. The minimum absolute atomic E-state index is 0.160. The van der Waals surface area contributed by atoms with Gasteiger partial charge in [0.2, 0.25) is 0 Å². The van der Waals surface area contributed by atoms with E-state index in [-0.39, 0.29) is 11.7 Å². The molecule has 0 radical (unpaired) electrons. The molecule has 148 valence electrons. The second-order valence-electron chi connectivity index (χ2n) is 6.17. The Hall–Kier alpha value is -4.01. The predicted molar refractivity (Wildman–Crippen MR) is 102 cm³/mol. The SMILES string of the molecule is CC(NC(=O)c1ccc([N+](=O)[O-])o1)c1ccc(NC(=O)c2ccc(F)cc2)cc1. The van der Waals surface area contributed by atoms with Gasteiger partial charge in [0.25, 0.3) is 11.8 Å². The van der Waals surface area contributed by atoms with Gasteiger partial charge in [0.1, 0.15) is 10.7 Å². The van der Waals surface area contributed by atoms with Gasteiger partial charge < -0.3 is 15.1 Å². The largest absolute Gasteiger partial charge is 0.433 e. The van der Waals surface area contributed by atoms with E-state index in [1.807, 2.05) is 0 Å². The zero-order valence-electron chi connectivity index (χ0n) is 15.2. The van der Waals surface area contributed by atoms with Crippen molar-refractivity contribution in [1.82, 2.24) is 5.32 Å². The molecular weight excluding hydrogens is 381 g/mol. The predicted octanol–water partition coefficient (Wildman–Crippen LogP) is 4.07. The minimum Gasteiger partial charge on any atom is -0.395 e. The highest BCUT2D eigenvalue weighted by Gasteiger charge is 2.19. The summed E-state index contributed by atoms with van der Waals surface area (Å²) >= 11 is 0. The fourth-order valence-electron chi connectivity index (χ4n) is 2.56. The monoisotopic (exact) mass is 397 g/mol. The quantitative estimate of drug-likeness (QED) is 0.481. The maximum Gasteiger partial charge on any atom is 0.433 e. The van der Waals surface area contributed by atoms with E-state index in [4.69, 9.17) is 4.42 Å². The number of rotatable bonds is 6. The van der Waals surface area contributed by atoms with Crippen LogP contribution < -0.4 is 10.6 Å². The van der Waals surface area contributed by atoms with Crippen LogP contribution >= 0.6 is 0 Å². The number of nitrogens with one attached hydrogen (secondary N) is 2. The minimum atomic E-state index is -0.723. The molecule has 0 spiro atoms. The Bertz CT molecular complexity index is 1040. The number of anilines is 1. The van der Waals surface area contributed by atoms with Gasteiger partial charge in [0, 0.05) is 11.3 Å². The number of nitro groups is 1. The molecule has 1 aromatic heterocycles. The lowest BCUT2D eigenvalue weighted by Gasteiger charge is -2.14. The molecule has 0 aliphatic rings. The van der Waals surface area contributed by atoms with Crippen LogP contribution in [-0.2, 0) is 0 Å². The molecule has 8 nitrogen and oxygen atoms in total. The van der Waals surface area contributed by atoms with Crippen LogP contribution in [-0.4, -0.2) is 16.7 Å². The Kier molecular flexibility index (Phi) is 5.68. The van der Waals surface area contributed by atoms with Gasteiger partial charge in [-0.3, -0.25) is 19.7 Å². The first-order valence-corrected chi connectivity index (χ1v) is 8.55. The lowest BCUT2D eigenvalue weighted by molar-refractivity contribution is -0.402. The van der Waals surface area contributed by atoms with Gasteiger partial charge in [-0.25, -0.2) is 4.39 Å². The Morgan fingerprint density at radius 3 is 2.24 bits per heavy atom. The molecule has 0 fully saturated rings. The molecule has 3 rings (SSSR count). The molecule has 2 amide bonds. The summed E-state index contributed by atoms with van der Waals surface area (Å²) in [4.78, 5) is 34.2. The fraction of sp³-hybridized carbons (Fsp3) is 0.100. The summed E-state index contributed by atoms with van der Waals surface area (Å²) in [7, 11) is 0. The number of furan rings is 1. The van der Waals surface area contributed by atoms with Crippen LogP contribution in [0.2, 0.25) is 0 Å². The van der Waals surface area contributed by atoms with Gasteiger partial charge in [-0.15, -0.1) is 0 Å². The number of halogens is 1. The average molecular weight is 397 g/mol. The second kappa shape index (κ2) is 8.34. The van der Waals surface area contributed by atoms with Crippen molar-refractivity contribution in [3.8, 4) is 0 Å². The van der Waals surface area contributed by atoms with Crippen molar-refractivity contribution < 1.29 is 23.3 Å². The zero-order chi connectivity index (χ0) is 21.0. The highest BCUT2D eigenvalue weighted by atomic mass is 19.1. The third-order valence-corrected chi connectivity index (χ3v) is 4.12. The molecule has 1 atom stereocenters. The number of amides is 2. The first-order valence-electron chi connectivity index (χ1n) is 8.55. The highest BCUT2D eigenvalue weighted by Crippen LogP contribution is 2.19. The summed E-state index contributed by atoms with van der Waals surface area (Å²) in [6, 6.07) is 13.9. The zero-order valence-corrected chi connectivity index (χ0v) is 15.2. The van der Waals surface area contributed by atoms with E-state index in [0.717, 1.165) is 11.6 Å². The van der Waals surface area contributed by atoms with Crippen molar-refractivity contribution in [3.05, 3.63) is 93.5 Å². The van der Waals surface area contributed by atoms with Crippen molar-refractivity contribution >= 4 is 23.4 Å². The Labute approximate surface area is 164 Å². The van der Waals surface area contributed by atoms with Crippen molar-refractivity contribution in [3.63, 3.8) is 0 Å². The summed E-state index contributed by atoms with van der Waals surface area (Å²) in [6.45, 7) is 1.74. The van der Waals surface area contributed by atoms with E-state index in [1.165, 1.54) is 30.3 Å². The van der Waals surface area contributed by atoms with Crippen molar-refractivity contribution in [2.24, 2.45) is 0 Å². The van der Waals surface area contributed by atoms with Crippen LogP contribution in [0, 0.1) is 15.9 Å². The fourth-order valence-corrected chi connectivity index (χ4v) is 2.56. The van der Waals surface area contributed by atoms with Crippen LogP contribution in [0.15, 0.2) is 65.1 Å².